The summed E-state index contributed by atoms with van der Waals surface area (Å²) in [6.07, 6.45) is 0. The average Bonchev–Trinajstić information content (AvgIpc) is 4.15. The lowest BCUT2D eigenvalue weighted by Crippen LogP contribution is -2.02. The highest BCUT2D eigenvalue weighted by molar-refractivity contribution is 7.27. The molecular formula is C59H33N5OS. The Kier molecular flexibility index (Phi) is 7.82. The number of para-hydroxylation sites is 4. The molecule has 14 aromatic rings. The molecule has 0 atom stereocenters. The van der Waals surface area contributed by atoms with Gasteiger partial charge in [0.15, 0.2) is 11.4 Å². The van der Waals surface area contributed by atoms with Gasteiger partial charge in [0.05, 0.1) is 39.1 Å². The Morgan fingerprint density at radius 3 is 1.68 bits per heavy atom. The molecule has 0 bridgehead atoms. The standard InChI is InChI=1S/C59H33N5OS/c60-34-43-53(35-18-4-1-5-19-35)61-59(62-54(43)36-20-6-2-7-21-36)42-32-33-46(57-49(42)40-26-12-16-30-47(40)65-57)64-45-29-15-11-25-39(45)51-56(64)50-38-24-10-14-28-44(38)63(37-22-8-3-9-23-37)55(50)52-41-27-13-17-31-48(41)66-58(51)52/h1-33H. The van der Waals surface area contributed by atoms with E-state index in [4.69, 9.17) is 14.4 Å². The molecular weight excluding hydrogens is 827 g/mol. The third kappa shape index (κ3) is 5.10. The van der Waals surface area contributed by atoms with Gasteiger partial charge in [-0.15, -0.1) is 11.3 Å². The SMILES string of the molecule is N#Cc1c(-c2ccccc2)nc(-c2ccc(-n3c4ccccc4c4c5sc6ccccc6c5c5c(c6ccccc6n5-c5ccccc5)c43)c3oc4ccccc4c23)nc1-c1ccccc1. The van der Waals surface area contributed by atoms with Crippen LogP contribution in [0.5, 0.6) is 0 Å². The predicted molar refractivity (Wildman–Crippen MR) is 272 cm³/mol. The summed E-state index contributed by atoms with van der Waals surface area (Å²) < 4.78 is 14.5. The second-order valence-electron chi connectivity index (χ2n) is 16.7. The number of nitriles is 1. The molecule has 0 amide bonds. The summed E-state index contributed by atoms with van der Waals surface area (Å²) in [7, 11) is 0. The van der Waals surface area contributed by atoms with Gasteiger partial charge in [0.2, 0.25) is 0 Å². The lowest BCUT2D eigenvalue weighted by Gasteiger charge is -2.15. The molecule has 0 N–H and O–H groups in total. The van der Waals surface area contributed by atoms with Crippen molar-refractivity contribution in [3.05, 3.63) is 206 Å². The Bertz CT molecular complexity index is 4280. The van der Waals surface area contributed by atoms with Crippen molar-refractivity contribution in [1.82, 2.24) is 19.1 Å². The molecule has 0 aliphatic carbocycles. The van der Waals surface area contributed by atoms with Crippen LogP contribution in [-0.2, 0) is 0 Å². The van der Waals surface area contributed by atoms with Crippen LogP contribution < -0.4 is 0 Å². The quantitative estimate of drug-likeness (QED) is 0.173. The monoisotopic (exact) mass is 859 g/mol. The van der Waals surface area contributed by atoms with Crippen LogP contribution in [0.4, 0.5) is 0 Å². The predicted octanol–water partition coefficient (Wildman–Crippen LogP) is 15.8. The van der Waals surface area contributed by atoms with Gasteiger partial charge in [-0.1, -0.05) is 152 Å². The molecule has 66 heavy (non-hydrogen) atoms. The Morgan fingerprint density at radius 1 is 0.470 bits per heavy atom. The molecule has 5 aromatic heterocycles. The Labute approximate surface area is 381 Å². The number of nitrogens with zero attached hydrogens (tertiary/aromatic N) is 5. The first kappa shape index (κ1) is 36.6. The van der Waals surface area contributed by atoms with Gasteiger partial charge >= 0.3 is 0 Å². The summed E-state index contributed by atoms with van der Waals surface area (Å²) in [6, 6.07) is 72.1. The zero-order valence-corrected chi connectivity index (χ0v) is 35.9. The van der Waals surface area contributed by atoms with Crippen LogP contribution >= 0.6 is 11.3 Å². The smallest absolute Gasteiger partial charge is 0.161 e. The van der Waals surface area contributed by atoms with Crippen LogP contribution in [0.25, 0.3) is 131 Å². The van der Waals surface area contributed by atoms with Gasteiger partial charge in [-0.2, -0.15) is 5.26 Å². The molecule has 0 unspecified atom stereocenters. The van der Waals surface area contributed by atoms with E-state index in [0.29, 0.717) is 22.8 Å². The molecule has 5 heterocycles. The van der Waals surface area contributed by atoms with Gasteiger partial charge in [0.25, 0.3) is 0 Å². The number of fused-ring (bicyclic) bond motifs is 15. The molecule has 9 aromatic carbocycles. The van der Waals surface area contributed by atoms with Crippen molar-refractivity contribution < 1.29 is 4.42 Å². The largest absolute Gasteiger partial charge is 0.454 e. The third-order valence-electron chi connectivity index (χ3n) is 13.2. The molecule has 14 rings (SSSR count). The molecule has 0 saturated carbocycles. The van der Waals surface area contributed by atoms with E-state index in [1.54, 1.807) is 0 Å². The maximum absolute atomic E-state index is 10.7. The number of aromatic nitrogens is 4. The molecule has 306 valence electrons. The summed E-state index contributed by atoms with van der Waals surface area (Å²) in [5.41, 5.74) is 12.1. The van der Waals surface area contributed by atoms with Gasteiger partial charge in [-0.05, 0) is 48.5 Å². The second kappa shape index (κ2) is 14.1. The van der Waals surface area contributed by atoms with Crippen LogP contribution in [0.2, 0.25) is 0 Å². The maximum Gasteiger partial charge on any atom is 0.161 e. The molecule has 0 fully saturated rings. The normalized spacial score (nSPS) is 11.9. The summed E-state index contributed by atoms with van der Waals surface area (Å²) in [5.74, 6) is 0.511. The van der Waals surface area contributed by atoms with Crippen molar-refractivity contribution in [2.75, 3.05) is 0 Å². The van der Waals surface area contributed by atoms with Gasteiger partial charge in [0.1, 0.15) is 17.2 Å². The maximum atomic E-state index is 10.7. The van der Waals surface area contributed by atoms with Crippen LogP contribution in [0.15, 0.2) is 205 Å². The van der Waals surface area contributed by atoms with Gasteiger partial charge in [-0.25, -0.2) is 9.97 Å². The number of hydrogen-bond donors (Lipinski definition) is 0. The lowest BCUT2D eigenvalue weighted by atomic mass is 9.99. The van der Waals surface area contributed by atoms with E-state index in [2.05, 4.69) is 143 Å². The highest BCUT2D eigenvalue weighted by atomic mass is 32.1. The van der Waals surface area contributed by atoms with E-state index >= 15 is 0 Å². The summed E-state index contributed by atoms with van der Waals surface area (Å²) in [5, 5.41) is 19.9. The Morgan fingerprint density at radius 2 is 1.00 bits per heavy atom. The minimum absolute atomic E-state index is 0.428. The van der Waals surface area contributed by atoms with E-state index in [0.717, 1.165) is 66.6 Å². The first-order valence-corrected chi connectivity index (χ1v) is 22.8. The summed E-state index contributed by atoms with van der Waals surface area (Å²) >= 11 is 1.86. The second-order valence-corrected chi connectivity index (χ2v) is 17.7. The molecule has 0 spiro atoms. The zero-order chi connectivity index (χ0) is 43.5. The minimum atomic E-state index is 0.428. The van der Waals surface area contributed by atoms with Crippen molar-refractivity contribution in [3.8, 4) is 51.3 Å². The van der Waals surface area contributed by atoms with E-state index in [1.165, 1.54) is 47.2 Å². The molecule has 6 nitrogen and oxygen atoms in total. The fourth-order valence-corrected chi connectivity index (χ4v) is 11.7. The number of hydrogen-bond acceptors (Lipinski definition) is 5. The van der Waals surface area contributed by atoms with E-state index in [1.807, 2.05) is 84.1 Å². The first-order valence-electron chi connectivity index (χ1n) is 22.0. The molecule has 0 aliphatic rings. The van der Waals surface area contributed by atoms with E-state index in [-0.39, 0.29) is 0 Å². The Hall–Kier alpha value is -8.83. The van der Waals surface area contributed by atoms with Gasteiger partial charge in [-0.3, -0.25) is 0 Å². The topological polar surface area (TPSA) is 72.6 Å². The van der Waals surface area contributed by atoms with Crippen LogP contribution in [0.1, 0.15) is 5.56 Å². The van der Waals surface area contributed by atoms with Crippen LogP contribution in [0, 0.1) is 11.3 Å². The van der Waals surface area contributed by atoms with E-state index < -0.39 is 0 Å². The molecule has 7 heteroatoms. The zero-order valence-electron chi connectivity index (χ0n) is 35.1. The van der Waals surface area contributed by atoms with E-state index in [9.17, 15) is 5.26 Å². The average molecular weight is 860 g/mol. The van der Waals surface area contributed by atoms with Crippen molar-refractivity contribution in [1.29, 1.82) is 5.26 Å². The Balaban J connectivity index is 1.16. The van der Waals surface area contributed by atoms with Crippen LogP contribution in [-0.4, -0.2) is 19.1 Å². The fraction of sp³-hybridized carbons (Fsp3) is 0. The van der Waals surface area contributed by atoms with Gasteiger partial charge in [0, 0.05) is 74.9 Å². The highest BCUT2D eigenvalue weighted by Gasteiger charge is 2.29. The first-order chi connectivity index (χ1) is 32.7. The minimum Gasteiger partial charge on any atom is -0.454 e. The van der Waals surface area contributed by atoms with Crippen molar-refractivity contribution in [2.24, 2.45) is 0 Å². The number of thiophene rings is 1. The summed E-state index contributed by atoms with van der Waals surface area (Å²) in [4.78, 5) is 10.6. The number of benzene rings is 9. The van der Waals surface area contributed by atoms with Crippen molar-refractivity contribution in [3.63, 3.8) is 0 Å². The molecule has 0 saturated heterocycles. The summed E-state index contributed by atoms with van der Waals surface area (Å²) in [6.45, 7) is 0. The number of furan rings is 1. The fourth-order valence-electron chi connectivity index (χ4n) is 10.4. The molecule has 0 radical (unpaired) electrons. The lowest BCUT2D eigenvalue weighted by molar-refractivity contribution is 0.666. The highest BCUT2D eigenvalue weighted by Crippen LogP contribution is 2.52. The number of rotatable bonds is 5. The van der Waals surface area contributed by atoms with Crippen molar-refractivity contribution >= 4 is 97.1 Å². The molecule has 0 aliphatic heterocycles. The van der Waals surface area contributed by atoms with Gasteiger partial charge < -0.3 is 13.6 Å². The van der Waals surface area contributed by atoms with Crippen LogP contribution in [0.3, 0.4) is 0 Å². The van der Waals surface area contributed by atoms with Crippen molar-refractivity contribution in [2.45, 2.75) is 0 Å². The third-order valence-corrected chi connectivity index (χ3v) is 14.4.